The first-order valence-corrected chi connectivity index (χ1v) is 15.9. The number of benzene rings is 4. The lowest BCUT2D eigenvalue weighted by atomic mass is 9.90. The summed E-state index contributed by atoms with van der Waals surface area (Å²) in [4.78, 5) is 18.9. The summed E-state index contributed by atoms with van der Waals surface area (Å²) in [6.07, 6.45) is 0.245. The van der Waals surface area contributed by atoms with Crippen LogP contribution < -0.4 is 0 Å². The van der Waals surface area contributed by atoms with Crippen molar-refractivity contribution < 1.29 is 18.7 Å². The maximum Gasteiger partial charge on any atom is 0.321 e. The van der Waals surface area contributed by atoms with Crippen LogP contribution in [0.5, 0.6) is 0 Å². The van der Waals surface area contributed by atoms with Gasteiger partial charge < -0.3 is 19.3 Å². The number of urea groups is 1. The number of hydrogen-bond donors (Lipinski definition) is 0. The first-order valence-electron chi connectivity index (χ1n) is 15.9. The van der Waals surface area contributed by atoms with Crippen LogP contribution in [-0.4, -0.2) is 45.9 Å². The zero-order valence-corrected chi connectivity index (χ0v) is 26.8. The molecule has 6 nitrogen and oxygen atoms in total. The number of rotatable bonds is 8. The summed E-state index contributed by atoms with van der Waals surface area (Å²) < 4.78 is 27.9. The Morgan fingerprint density at radius 1 is 0.717 bits per heavy atom. The second-order valence-corrected chi connectivity index (χ2v) is 13.0. The summed E-state index contributed by atoms with van der Waals surface area (Å²) in [5.41, 5.74) is 6.13. The van der Waals surface area contributed by atoms with Crippen molar-refractivity contribution in [2.45, 2.75) is 83.7 Å². The molecule has 236 valence electrons. The Morgan fingerprint density at radius 2 is 1.20 bits per heavy atom. The van der Waals surface area contributed by atoms with Crippen LogP contribution >= 0.6 is 0 Å². The van der Waals surface area contributed by atoms with Gasteiger partial charge >= 0.3 is 6.03 Å². The van der Waals surface area contributed by atoms with Crippen LogP contribution in [-0.2, 0) is 35.4 Å². The largest absolute Gasteiger partial charge is 0.342 e. The van der Waals surface area contributed by atoms with Crippen molar-refractivity contribution in [2.75, 3.05) is 0 Å². The average Bonchev–Trinajstić information content (AvgIpc) is 3.35. The lowest BCUT2D eigenvalue weighted by Gasteiger charge is -2.37. The van der Waals surface area contributed by atoms with Crippen molar-refractivity contribution in [1.29, 1.82) is 5.26 Å². The molecule has 0 spiro atoms. The van der Waals surface area contributed by atoms with Gasteiger partial charge in [0.15, 0.2) is 5.79 Å². The molecule has 4 aromatic rings. The number of carbonyl (C=O) groups is 1. The van der Waals surface area contributed by atoms with E-state index in [9.17, 15) is 9.65 Å². The number of carbonyl (C=O) groups excluding carboxylic acids is 1. The van der Waals surface area contributed by atoms with E-state index in [1.807, 2.05) is 60.0 Å². The number of aryl methyl sites for hydroxylation is 2. The van der Waals surface area contributed by atoms with E-state index in [0.717, 1.165) is 22.3 Å². The number of amides is 2. The van der Waals surface area contributed by atoms with E-state index < -0.39 is 29.9 Å². The van der Waals surface area contributed by atoms with Crippen LogP contribution in [0.15, 0.2) is 97.1 Å². The van der Waals surface area contributed by atoms with Gasteiger partial charge in [0.25, 0.3) is 0 Å². The van der Waals surface area contributed by atoms with E-state index in [0.29, 0.717) is 24.9 Å². The minimum Gasteiger partial charge on any atom is -0.342 e. The molecule has 2 heterocycles. The Balaban J connectivity index is 1.49. The highest BCUT2D eigenvalue weighted by Crippen LogP contribution is 2.40. The van der Waals surface area contributed by atoms with Crippen molar-refractivity contribution in [1.82, 2.24) is 9.80 Å². The van der Waals surface area contributed by atoms with Gasteiger partial charge in [-0.1, -0.05) is 96.1 Å². The Kier molecular flexibility index (Phi) is 8.95. The van der Waals surface area contributed by atoms with Crippen LogP contribution in [0.25, 0.3) is 0 Å². The summed E-state index contributed by atoms with van der Waals surface area (Å²) in [6.45, 7) is 8.54. The standard InChI is InChI=1S/C39H40FN3O3/c1-26-10-14-28(15-11-26)21-34-36-37(46-39(3,4)45-36)35(22-29-16-12-27(2)13-17-29)43(25-31-18-19-33(40)32(20-31)23-41)38(44)42(34)24-30-8-6-5-7-9-30/h5-20,34-37H,21-22,24-25H2,1-4H3/t34-,35-,36+,37+/m1/s1. The predicted molar refractivity (Wildman–Crippen MR) is 175 cm³/mol. The number of hydrogen-bond acceptors (Lipinski definition) is 4. The second-order valence-electron chi connectivity index (χ2n) is 13.0. The smallest absolute Gasteiger partial charge is 0.321 e. The third-order valence-corrected chi connectivity index (χ3v) is 9.04. The fourth-order valence-corrected chi connectivity index (χ4v) is 6.70. The van der Waals surface area contributed by atoms with Crippen molar-refractivity contribution in [3.8, 4) is 6.07 Å². The molecule has 0 aliphatic carbocycles. The van der Waals surface area contributed by atoms with E-state index >= 15 is 4.79 Å². The highest BCUT2D eigenvalue weighted by atomic mass is 19.1. The molecule has 46 heavy (non-hydrogen) atoms. The molecule has 7 heteroatoms. The normalized spacial score (nSPS) is 22.3. The van der Waals surface area contributed by atoms with Gasteiger partial charge in [-0.2, -0.15) is 5.26 Å². The van der Waals surface area contributed by atoms with Crippen molar-refractivity contribution in [3.63, 3.8) is 0 Å². The molecule has 2 saturated heterocycles. The van der Waals surface area contributed by atoms with Crippen LogP contribution in [0.1, 0.15) is 52.8 Å². The summed E-state index contributed by atoms with van der Waals surface area (Å²) in [6, 6.07) is 32.3. The lowest BCUT2D eigenvalue weighted by molar-refractivity contribution is -0.157. The van der Waals surface area contributed by atoms with Gasteiger partial charge in [-0.05, 0) is 74.9 Å². The molecule has 2 aliphatic heterocycles. The van der Waals surface area contributed by atoms with Gasteiger partial charge in [0, 0.05) is 13.1 Å². The Labute approximate surface area is 271 Å². The summed E-state index contributed by atoms with van der Waals surface area (Å²) >= 11 is 0. The first-order chi connectivity index (χ1) is 22.1. The summed E-state index contributed by atoms with van der Waals surface area (Å²) in [5.74, 6) is -1.45. The highest BCUT2D eigenvalue weighted by molar-refractivity contribution is 5.76. The topological polar surface area (TPSA) is 65.8 Å². The number of halogens is 1. The van der Waals surface area contributed by atoms with Gasteiger partial charge in [0.1, 0.15) is 24.1 Å². The third-order valence-electron chi connectivity index (χ3n) is 9.04. The maximum atomic E-state index is 15.1. The molecule has 0 saturated carbocycles. The van der Waals surface area contributed by atoms with Gasteiger partial charge in [-0.25, -0.2) is 9.18 Å². The van der Waals surface area contributed by atoms with Crippen LogP contribution in [0, 0.1) is 31.0 Å². The van der Waals surface area contributed by atoms with Crippen LogP contribution in [0.4, 0.5) is 9.18 Å². The zero-order chi connectivity index (χ0) is 32.4. The van der Waals surface area contributed by atoms with E-state index in [1.54, 1.807) is 6.07 Å². The van der Waals surface area contributed by atoms with E-state index in [-0.39, 0.29) is 24.2 Å². The lowest BCUT2D eigenvalue weighted by Crippen LogP contribution is -2.51. The molecule has 0 radical (unpaired) electrons. The summed E-state index contributed by atoms with van der Waals surface area (Å²) in [5, 5.41) is 9.58. The molecule has 6 rings (SSSR count). The molecule has 0 N–H and O–H groups in total. The molecule has 2 amide bonds. The minimum absolute atomic E-state index is 0.0484. The molecular weight excluding hydrogens is 577 g/mol. The Hall–Kier alpha value is -4.51. The Bertz CT molecular complexity index is 1720. The maximum absolute atomic E-state index is 15.1. The monoisotopic (exact) mass is 617 g/mol. The minimum atomic E-state index is -0.874. The number of nitrogens with zero attached hydrogens (tertiary/aromatic N) is 3. The van der Waals surface area contributed by atoms with Gasteiger partial charge in [-0.15, -0.1) is 0 Å². The zero-order valence-electron chi connectivity index (χ0n) is 26.8. The van der Waals surface area contributed by atoms with E-state index in [4.69, 9.17) is 9.47 Å². The second kappa shape index (κ2) is 13.1. The van der Waals surface area contributed by atoms with Gasteiger partial charge in [0.2, 0.25) is 0 Å². The van der Waals surface area contributed by atoms with Crippen molar-refractivity contribution in [2.24, 2.45) is 0 Å². The predicted octanol–water partition coefficient (Wildman–Crippen LogP) is 7.49. The third kappa shape index (κ3) is 6.84. The molecule has 0 aromatic heterocycles. The van der Waals surface area contributed by atoms with Gasteiger partial charge in [-0.3, -0.25) is 0 Å². The highest BCUT2D eigenvalue weighted by Gasteiger charge is 2.55. The number of fused-ring (bicyclic) bond motifs is 1. The number of nitriles is 1. The fraction of sp³-hybridized carbons (Fsp3) is 0.333. The summed E-state index contributed by atoms with van der Waals surface area (Å²) in [7, 11) is 0. The van der Waals surface area contributed by atoms with E-state index in [1.165, 1.54) is 17.7 Å². The fourth-order valence-electron chi connectivity index (χ4n) is 6.70. The van der Waals surface area contributed by atoms with Crippen LogP contribution in [0.3, 0.4) is 0 Å². The van der Waals surface area contributed by atoms with Crippen molar-refractivity contribution in [3.05, 3.63) is 142 Å². The molecular formula is C39H40FN3O3. The molecule has 2 aliphatic rings. The van der Waals surface area contributed by atoms with Crippen LogP contribution in [0.2, 0.25) is 0 Å². The Morgan fingerprint density at radius 3 is 1.70 bits per heavy atom. The number of ether oxygens (including phenoxy) is 2. The van der Waals surface area contributed by atoms with Gasteiger partial charge in [0.05, 0.1) is 17.6 Å². The van der Waals surface area contributed by atoms with Crippen molar-refractivity contribution >= 4 is 6.03 Å². The van der Waals surface area contributed by atoms with E-state index in [2.05, 4.69) is 62.4 Å². The molecule has 0 bridgehead atoms. The SMILES string of the molecule is Cc1ccc(C[C@@H]2[C@@H]3OC(C)(C)O[C@H]3[C@@H](Cc3ccc(C)cc3)N(Cc3ccc(F)c(C#N)c3)C(=O)N2Cc2ccccc2)cc1. The molecule has 4 atom stereocenters. The quantitative estimate of drug-likeness (QED) is 0.206. The average molecular weight is 618 g/mol. The first kappa shape index (κ1) is 31.5. The molecule has 4 aromatic carbocycles. The molecule has 0 unspecified atom stereocenters. The molecule has 2 fully saturated rings.